The van der Waals surface area contributed by atoms with E-state index in [1.54, 1.807) is 0 Å². The van der Waals surface area contributed by atoms with Crippen LogP contribution in [-0.4, -0.2) is 24.1 Å². The Bertz CT molecular complexity index is 556. The van der Waals surface area contributed by atoms with Gasteiger partial charge in [0.15, 0.2) is 5.72 Å². The first-order valence-electron chi connectivity index (χ1n) is 7.93. The predicted molar refractivity (Wildman–Crippen MR) is 84.0 cm³/mol. The van der Waals surface area contributed by atoms with Gasteiger partial charge in [-0.2, -0.15) is 0 Å². The highest BCUT2D eigenvalue weighted by molar-refractivity contribution is 5.37. The molecule has 1 unspecified atom stereocenters. The topological polar surface area (TPSA) is 12.5 Å². The van der Waals surface area contributed by atoms with Crippen LogP contribution in [0.4, 0.5) is 0 Å². The van der Waals surface area contributed by atoms with Crippen LogP contribution < -0.4 is 0 Å². The Kier molecular flexibility index (Phi) is 3.28. The molecule has 2 fully saturated rings. The van der Waals surface area contributed by atoms with Crippen LogP contribution in [0.1, 0.15) is 30.4 Å². The van der Waals surface area contributed by atoms with E-state index in [1.165, 1.54) is 30.4 Å². The minimum atomic E-state index is -0.395. The number of hydrogen-bond donors (Lipinski definition) is 0. The average Bonchev–Trinajstić information content (AvgIpc) is 2.97. The third-order valence-electron chi connectivity index (χ3n) is 4.85. The summed E-state index contributed by atoms with van der Waals surface area (Å²) in [6.07, 6.45) is 3.84. The normalized spacial score (nSPS) is 24.7. The molecule has 4 rings (SSSR count). The van der Waals surface area contributed by atoms with Crippen molar-refractivity contribution in [3.63, 3.8) is 0 Å². The van der Waals surface area contributed by atoms with E-state index in [-0.39, 0.29) is 0 Å². The van der Waals surface area contributed by atoms with Crippen molar-refractivity contribution in [3.8, 4) is 0 Å². The molecule has 21 heavy (non-hydrogen) atoms. The molecule has 0 amide bonds. The third-order valence-corrected chi connectivity index (χ3v) is 4.85. The van der Waals surface area contributed by atoms with E-state index in [9.17, 15) is 0 Å². The minimum Gasteiger partial charge on any atom is -0.350 e. The first-order valence-corrected chi connectivity index (χ1v) is 7.93. The van der Waals surface area contributed by atoms with Crippen molar-refractivity contribution in [3.05, 3.63) is 71.8 Å². The van der Waals surface area contributed by atoms with Crippen molar-refractivity contribution in [2.24, 2.45) is 0 Å². The zero-order valence-electron chi connectivity index (χ0n) is 12.2. The van der Waals surface area contributed by atoms with Gasteiger partial charge in [-0.15, -0.1) is 0 Å². The number of ether oxygens (including phenoxy) is 1. The summed E-state index contributed by atoms with van der Waals surface area (Å²) in [6, 6.07) is 21.9. The second-order valence-corrected chi connectivity index (χ2v) is 6.03. The lowest BCUT2D eigenvalue weighted by Gasteiger charge is -2.42. The molecule has 0 N–H and O–H groups in total. The molecule has 2 aromatic rings. The van der Waals surface area contributed by atoms with Gasteiger partial charge in [-0.05, 0) is 12.8 Å². The van der Waals surface area contributed by atoms with E-state index in [1.807, 2.05) is 0 Å². The summed E-state index contributed by atoms with van der Waals surface area (Å²) in [4.78, 5) is 2.58. The Labute approximate surface area is 126 Å². The second kappa shape index (κ2) is 5.28. The molecule has 2 aliphatic heterocycles. The highest BCUT2D eigenvalue weighted by Gasteiger charge is 2.50. The van der Waals surface area contributed by atoms with Gasteiger partial charge in [0.1, 0.15) is 0 Å². The highest BCUT2D eigenvalue weighted by atomic mass is 16.5. The molecule has 2 aromatic carbocycles. The zero-order chi connectivity index (χ0) is 14.1. The van der Waals surface area contributed by atoms with Gasteiger partial charge < -0.3 is 4.74 Å². The van der Waals surface area contributed by atoms with Crippen LogP contribution in [0.3, 0.4) is 0 Å². The Balaban J connectivity index is 1.87. The molecule has 2 nitrogen and oxygen atoms in total. The molecule has 108 valence electrons. The molecule has 2 heteroatoms. The molecule has 0 bridgehead atoms. The van der Waals surface area contributed by atoms with Gasteiger partial charge in [0.2, 0.25) is 0 Å². The Morgan fingerprint density at radius 3 is 2.10 bits per heavy atom. The molecule has 0 saturated carbocycles. The van der Waals surface area contributed by atoms with Crippen molar-refractivity contribution < 1.29 is 4.74 Å². The lowest BCUT2D eigenvalue weighted by atomic mass is 9.90. The predicted octanol–water partition coefficient (Wildman–Crippen LogP) is 3.77. The van der Waals surface area contributed by atoms with Crippen LogP contribution >= 0.6 is 0 Å². The number of hydrogen-bond acceptors (Lipinski definition) is 2. The summed E-state index contributed by atoms with van der Waals surface area (Å²) >= 11 is 0. The van der Waals surface area contributed by atoms with E-state index >= 15 is 0 Å². The number of benzene rings is 2. The standard InChI is InChI=1S/C19H21NO/c1-3-9-16(10-4-1)19(17-11-5-2-6-12-17)20-14-8-7-13-18(20)15-21-19/h1-6,9-12,18H,7-8,13-15H2. The van der Waals surface area contributed by atoms with Gasteiger partial charge in [0.25, 0.3) is 0 Å². The summed E-state index contributed by atoms with van der Waals surface area (Å²) < 4.78 is 6.49. The van der Waals surface area contributed by atoms with Crippen LogP contribution in [0.15, 0.2) is 60.7 Å². The van der Waals surface area contributed by atoms with Gasteiger partial charge in [-0.1, -0.05) is 67.1 Å². The van der Waals surface area contributed by atoms with Crippen molar-refractivity contribution in [2.75, 3.05) is 13.2 Å². The van der Waals surface area contributed by atoms with Crippen LogP contribution in [0, 0.1) is 0 Å². The highest BCUT2D eigenvalue weighted by Crippen LogP contribution is 2.45. The molecule has 2 saturated heterocycles. The fourth-order valence-corrected chi connectivity index (χ4v) is 3.88. The number of piperidine rings is 1. The van der Waals surface area contributed by atoms with Gasteiger partial charge in [0, 0.05) is 23.7 Å². The lowest BCUT2D eigenvalue weighted by Crippen LogP contribution is -2.48. The van der Waals surface area contributed by atoms with Crippen LogP contribution in [0.2, 0.25) is 0 Å². The fraction of sp³-hybridized carbons (Fsp3) is 0.368. The molecule has 0 radical (unpaired) electrons. The molecular weight excluding hydrogens is 258 g/mol. The van der Waals surface area contributed by atoms with Gasteiger partial charge in [0.05, 0.1) is 6.61 Å². The van der Waals surface area contributed by atoms with Crippen LogP contribution in [-0.2, 0) is 10.5 Å². The Morgan fingerprint density at radius 2 is 1.48 bits per heavy atom. The third kappa shape index (κ3) is 2.02. The van der Waals surface area contributed by atoms with Crippen LogP contribution in [0.5, 0.6) is 0 Å². The largest absolute Gasteiger partial charge is 0.350 e. The van der Waals surface area contributed by atoms with Gasteiger partial charge in [-0.25, -0.2) is 0 Å². The smallest absolute Gasteiger partial charge is 0.174 e. The molecular formula is C19H21NO. The molecule has 2 aliphatic rings. The van der Waals surface area contributed by atoms with E-state index < -0.39 is 5.72 Å². The molecule has 0 aliphatic carbocycles. The Morgan fingerprint density at radius 1 is 0.857 bits per heavy atom. The van der Waals surface area contributed by atoms with Crippen molar-refractivity contribution in [2.45, 2.75) is 31.0 Å². The maximum Gasteiger partial charge on any atom is 0.174 e. The fourth-order valence-electron chi connectivity index (χ4n) is 3.88. The number of fused-ring (bicyclic) bond motifs is 1. The molecule has 0 aromatic heterocycles. The summed E-state index contributed by atoms with van der Waals surface area (Å²) in [5, 5.41) is 0. The SMILES string of the molecule is c1ccc(C2(c3ccccc3)OCC3CCCCN32)cc1. The summed E-state index contributed by atoms with van der Waals surface area (Å²) in [5.74, 6) is 0. The Hall–Kier alpha value is -1.64. The lowest BCUT2D eigenvalue weighted by molar-refractivity contribution is -0.0604. The zero-order valence-corrected chi connectivity index (χ0v) is 12.2. The summed E-state index contributed by atoms with van der Waals surface area (Å²) in [7, 11) is 0. The van der Waals surface area contributed by atoms with E-state index in [2.05, 4.69) is 65.6 Å². The summed E-state index contributed by atoms with van der Waals surface area (Å²) in [6.45, 7) is 1.96. The molecule has 2 heterocycles. The maximum absolute atomic E-state index is 6.49. The van der Waals surface area contributed by atoms with E-state index in [0.29, 0.717) is 6.04 Å². The van der Waals surface area contributed by atoms with Crippen molar-refractivity contribution in [1.82, 2.24) is 4.90 Å². The van der Waals surface area contributed by atoms with Gasteiger partial charge >= 0.3 is 0 Å². The van der Waals surface area contributed by atoms with E-state index in [4.69, 9.17) is 4.74 Å². The van der Waals surface area contributed by atoms with Crippen molar-refractivity contribution in [1.29, 1.82) is 0 Å². The van der Waals surface area contributed by atoms with Crippen LogP contribution in [0.25, 0.3) is 0 Å². The number of nitrogens with zero attached hydrogens (tertiary/aromatic N) is 1. The van der Waals surface area contributed by atoms with Crippen molar-refractivity contribution >= 4 is 0 Å². The number of rotatable bonds is 2. The monoisotopic (exact) mass is 279 g/mol. The van der Waals surface area contributed by atoms with E-state index in [0.717, 1.165) is 13.2 Å². The minimum absolute atomic E-state index is 0.395. The second-order valence-electron chi connectivity index (χ2n) is 6.03. The summed E-state index contributed by atoms with van der Waals surface area (Å²) in [5.41, 5.74) is 2.11. The maximum atomic E-state index is 6.49. The molecule has 1 atom stereocenters. The van der Waals surface area contributed by atoms with Gasteiger partial charge in [-0.3, -0.25) is 4.90 Å². The average molecular weight is 279 g/mol. The first-order chi connectivity index (χ1) is 10.4. The first kappa shape index (κ1) is 13.1. The molecule has 0 spiro atoms. The quantitative estimate of drug-likeness (QED) is 0.829.